The zero-order valence-corrected chi connectivity index (χ0v) is 15.6. The Labute approximate surface area is 158 Å². The van der Waals surface area contributed by atoms with Gasteiger partial charge in [-0.15, -0.1) is 0 Å². The maximum atomic E-state index is 12.3. The number of carbonyl (C=O) groups excluding carboxylic acids is 2. The Balaban J connectivity index is 1.99. The molecule has 6 heteroatoms. The highest BCUT2D eigenvalue weighted by Gasteiger charge is 2.20. The summed E-state index contributed by atoms with van der Waals surface area (Å²) in [6.07, 6.45) is -1.02. The topological polar surface area (TPSA) is 88.4 Å². The molecule has 2 rings (SSSR count). The lowest BCUT2D eigenvalue weighted by Gasteiger charge is -2.15. The van der Waals surface area contributed by atoms with E-state index in [1.807, 2.05) is 19.9 Å². The Bertz CT molecular complexity index is 855. The van der Waals surface area contributed by atoms with Gasteiger partial charge in [0, 0.05) is 0 Å². The minimum absolute atomic E-state index is 0.299. The number of anilines is 1. The molecule has 0 unspecified atom stereocenters. The third kappa shape index (κ3) is 5.86. The van der Waals surface area contributed by atoms with Crippen LogP contribution in [0.1, 0.15) is 36.7 Å². The van der Waals surface area contributed by atoms with Crippen LogP contribution < -0.4 is 10.1 Å². The van der Waals surface area contributed by atoms with Crippen LogP contribution in [0.5, 0.6) is 5.75 Å². The summed E-state index contributed by atoms with van der Waals surface area (Å²) in [4.78, 5) is 24.6. The largest absolute Gasteiger partial charge is 0.493 e. The molecule has 1 amide bonds. The molecule has 140 valence electrons. The van der Waals surface area contributed by atoms with Crippen molar-refractivity contribution in [2.24, 2.45) is 5.92 Å². The predicted octanol–water partition coefficient (Wildman–Crippen LogP) is 3.78. The van der Waals surface area contributed by atoms with Gasteiger partial charge in [-0.05, 0) is 43.2 Å². The summed E-state index contributed by atoms with van der Waals surface area (Å²) in [5.41, 5.74) is 1.00. The van der Waals surface area contributed by atoms with Gasteiger partial charge in [-0.1, -0.05) is 32.0 Å². The lowest BCUT2D eigenvalue weighted by Crippen LogP contribution is -2.30. The quantitative estimate of drug-likeness (QED) is 0.754. The second kappa shape index (κ2) is 9.39. The molecule has 2 aromatic rings. The van der Waals surface area contributed by atoms with Gasteiger partial charge >= 0.3 is 5.97 Å². The van der Waals surface area contributed by atoms with E-state index in [-0.39, 0.29) is 0 Å². The second-order valence-electron chi connectivity index (χ2n) is 6.43. The maximum absolute atomic E-state index is 12.3. The Kier molecular flexibility index (Phi) is 6.95. The molecule has 1 N–H and O–H groups in total. The predicted molar refractivity (Wildman–Crippen MR) is 101 cm³/mol. The van der Waals surface area contributed by atoms with Crippen LogP contribution in [0.15, 0.2) is 48.5 Å². The molecule has 0 aliphatic heterocycles. The number of amides is 1. The molecule has 0 saturated carbocycles. The number of hydrogen-bond donors (Lipinski definition) is 1. The lowest BCUT2D eigenvalue weighted by molar-refractivity contribution is -0.123. The van der Waals surface area contributed by atoms with Crippen molar-refractivity contribution >= 4 is 17.6 Å². The van der Waals surface area contributed by atoms with E-state index in [9.17, 15) is 9.59 Å². The Morgan fingerprint density at radius 3 is 2.56 bits per heavy atom. The first kappa shape index (κ1) is 20.0. The second-order valence-corrected chi connectivity index (χ2v) is 6.43. The number of nitrogens with zero attached hydrogens (tertiary/aromatic N) is 1. The van der Waals surface area contributed by atoms with Gasteiger partial charge in [0.2, 0.25) is 0 Å². The number of benzene rings is 2. The van der Waals surface area contributed by atoms with Crippen LogP contribution in [0.4, 0.5) is 5.69 Å². The van der Waals surface area contributed by atoms with Crippen molar-refractivity contribution in [2.45, 2.75) is 26.9 Å². The minimum atomic E-state index is -1.02. The molecule has 27 heavy (non-hydrogen) atoms. The SMILES string of the molecule is CC(C)COc1cccc(C(=O)O[C@H](C)C(=O)Nc2ccccc2C#N)c1. The van der Waals surface area contributed by atoms with Gasteiger partial charge in [0.25, 0.3) is 5.91 Å². The van der Waals surface area contributed by atoms with Gasteiger partial charge in [-0.3, -0.25) is 4.79 Å². The first-order valence-electron chi connectivity index (χ1n) is 8.64. The standard InChI is InChI=1S/C21H22N2O4/c1-14(2)13-26-18-9-6-8-16(11-18)21(25)27-15(3)20(24)23-19-10-5-4-7-17(19)12-22/h4-11,14-15H,13H2,1-3H3,(H,23,24)/t15-/m1/s1. The van der Waals surface area contributed by atoms with E-state index < -0.39 is 18.0 Å². The van der Waals surface area contributed by atoms with Crippen LogP contribution in [0.3, 0.4) is 0 Å². The average molecular weight is 366 g/mol. The highest BCUT2D eigenvalue weighted by atomic mass is 16.5. The number of esters is 1. The number of carbonyl (C=O) groups is 2. The van der Waals surface area contributed by atoms with Crippen LogP contribution in [0.25, 0.3) is 0 Å². The monoisotopic (exact) mass is 366 g/mol. The molecular formula is C21H22N2O4. The lowest BCUT2D eigenvalue weighted by atomic mass is 10.2. The van der Waals surface area contributed by atoms with E-state index in [0.29, 0.717) is 35.1 Å². The molecule has 0 fully saturated rings. The number of ether oxygens (including phenoxy) is 2. The molecule has 0 aromatic heterocycles. The summed E-state index contributed by atoms with van der Waals surface area (Å²) in [6.45, 7) is 6.07. The molecule has 0 spiro atoms. The summed E-state index contributed by atoms with van der Waals surface area (Å²) >= 11 is 0. The molecule has 0 radical (unpaired) electrons. The fourth-order valence-electron chi connectivity index (χ4n) is 2.18. The Morgan fingerprint density at radius 2 is 1.85 bits per heavy atom. The first-order valence-corrected chi connectivity index (χ1v) is 8.64. The van der Waals surface area contributed by atoms with Gasteiger partial charge in [0.05, 0.1) is 23.4 Å². The third-order valence-electron chi connectivity index (χ3n) is 3.61. The van der Waals surface area contributed by atoms with Crippen molar-refractivity contribution in [1.82, 2.24) is 0 Å². The number of nitriles is 1. The van der Waals surface area contributed by atoms with E-state index in [1.165, 1.54) is 6.92 Å². The third-order valence-corrected chi connectivity index (χ3v) is 3.61. The van der Waals surface area contributed by atoms with E-state index in [4.69, 9.17) is 14.7 Å². The van der Waals surface area contributed by atoms with Crippen molar-refractivity contribution in [3.8, 4) is 11.8 Å². The van der Waals surface area contributed by atoms with Crippen LogP contribution in [-0.4, -0.2) is 24.6 Å². The smallest absolute Gasteiger partial charge is 0.339 e. The maximum Gasteiger partial charge on any atom is 0.339 e. The number of hydrogen-bond acceptors (Lipinski definition) is 5. The van der Waals surface area contributed by atoms with Crippen molar-refractivity contribution in [3.05, 3.63) is 59.7 Å². The van der Waals surface area contributed by atoms with E-state index in [0.717, 1.165) is 0 Å². The van der Waals surface area contributed by atoms with Gasteiger partial charge in [-0.25, -0.2) is 4.79 Å². The molecular weight excluding hydrogens is 344 g/mol. The average Bonchev–Trinajstić information content (AvgIpc) is 2.66. The summed E-state index contributed by atoms with van der Waals surface area (Å²) < 4.78 is 10.8. The van der Waals surface area contributed by atoms with Gasteiger partial charge in [-0.2, -0.15) is 5.26 Å². The van der Waals surface area contributed by atoms with E-state index in [1.54, 1.807) is 48.5 Å². The fourth-order valence-corrected chi connectivity index (χ4v) is 2.18. The van der Waals surface area contributed by atoms with Crippen LogP contribution in [0, 0.1) is 17.2 Å². The summed E-state index contributed by atoms with van der Waals surface area (Å²) in [5, 5.41) is 11.7. The molecule has 0 saturated heterocycles. The minimum Gasteiger partial charge on any atom is -0.493 e. The normalized spacial score (nSPS) is 11.4. The van der Waals surface area contributed by atoms with E-state index in [2.05, 4.69) is 5.32 Å². The van der Waals surface area contributed by atoms with Gasteiger partial charge in [0.15, 0.2) is 6.10 Å². The molecule has 0 bridgehead atoms. The summed E-state index contributed by atoms with van der Waals surface area (Å²) in [6, 6.07) is 15.2. The molecule has 0 aliphatic carbocycles. The van der Waals surface area contributed by atoms with E-state index >= 15 is 0 Å². The van der Waals surface area contributed by atoms with Crippen molar-refractivity contribution in [3.63, 3.8) is 0 Å². The van der Waals surface area contributed by atoms with Crippen LogP contribution in [-0.2, 0) is 9.53 Å². The molecule has 6 nitrogen and oxygen atoms in total. The van der Waals surface area contributed by atoms with Crippen molar-refractivity contribution in [1.29, 1.82) is 5.26 Å². The van der Waals surface area contributed by atoms with Crippen molar-refractivity contribution < 1.29 is 19.1 Å². The molecule has 0 aliphatic rings. The number of nitrogens with one attached hydrogen (secondary N) is 1. The van der Waals surface area contributed by atoms with Crippen molar-refractivity contribution in [2.75, 3.05) is 11.9 Å². The fraction of sp³-hybridized carbons (Fsp3) is 0.286. The summed E-state index contributed by atoms with van der Waals surface area (Å²) in [5.74, 6) is -0.210. The first-order chi connectivity index (χ1) is 12.9. The van der Waals surface area contributed by atoms with Gasteiger partial charge < -0.3 is 14.8 Å². The number of para-hydroxylation sites is 1. The highest BCUT2D eigenvalue weighted by Crippen LogP contribution is 2.17. The molecule has 2 aromatic carbocycles. The molecule has 0 heterocycles. The van der Waals surface area contributed by atoms with Gasteiger partial charge in [0.1, 0.15) is 11.8 Å². The molecule has 1 atom stereocenters. The van der Waals surface area contributed by atoms with Crippen LogP contribution >= 0.6 is 0 Å². The zero-order valence-electron chi connectivity index (χ0n) is 15.6. The highest BCUT2D eigenvalue weighted by molar-refractivity contribution is 5.98. The number of rotatable bonds is 7. The summed E-state index contributed by atoms with van der Waals surface area (Å²) in [7, 11) is 0. The Hall–Kier alpha value is -3.33. The Morgan fingerprint density at radius 1 is 1.11 bits per heavy atom. The van der Waals surface area contributed by atoms with Crippen LogP contribution in [0.2, 0.25) is 0 Å². The zero-order chi connectivity index (χ0) is 19.8.